The molecule has 3 aliphatic rings. The van der Waals surface area contributed by atoms with E-state index in [2.05, 4.69) is 24.3 Å². The molecule has 26 heavy (non-hydrogen) atoms. The van der Waals surface area contributed by atoms with Crippen LogP contribution in [-0.4, -0.2) is 37.4 Å². The van der Waals surface area contributed by atoms with Gasteiger partial charge < -0.3 is 19.7 Å². The van der Waals surface area contributed by atoms with Gasteiger partial charge >= 0.3 is 5.97 Å². The lowest BCUT2D eigenvalue weighted by atomic mass is 9.66. The van der Waals surface area contributed by atoms with Crippen molar-refractivity contribution in [2.75, 3.05) is 20.2 Å². The summed E-state index contributed by atoms with van der Waals surface area (Å²) in [6, 6.07) is 8.28. The van der Waals surface area contributed by atoms with Crippen molar-refractivity contribution in [3.05, 3.63) is 34.8 Å². The summed E-state index contributed by atoms with van der Waals surface area (Å²) in [5.74, 6) is -0.0673. The molecular weight excluding hydrogens is 328 g/mol. The van der Waals surface area contributed by atoms with Crippen molar-refractivity contribution in [3.63, 3.8) is 0 Å². The normalized spacial score (nSPS) is 33.0. The maximum atomic E-state index is 12.4. The van der Waals surface area contributed by atoms with Crippen LogP contribution in [0.15, 0.2) is 24.3 Å². The average molecular weight is 352 g/mol. The van der Waals surface area contributed by atoms with Gasteiger partial charge in [-0.2, -0.15) is 0 Å². The molecule has 5 unspecified atom stereocenters. The average Bonchev–Trinajstić information content (AvgIpc) is 3.05. The third-order valence-electron chi connectivity index (χ3n) is 6.68. The molecule has 1 aromatic carbocycles. The Balaban J connectivity index is 1.64. The summed E-state index contributed by atoms with van der Waals surface area (Å²) in [6.45, 7) is 1.99. The standard InChI is InChI=1S/C21H23N2O3/c1-26-21(25)19-15-10-17-20-14(13-4-2-3-5-16(13)22-20)8-9-23(17)11-12(15)6-7-18(19)24/h2-5,8,12,15,18-19,24H,6-7,9-11H2,1H3/q-1/p+1. The molecule has 0 bridgehead atoms. The molecule has 1 saturated carbocycles. The number of hydrogen-bond donors (Lipinski definition) is 2. The summed E-state index contributed by atoms with van der Waals surface area (Å²) in [4.78, 5) is 18.7. The first-order valence-corrected chi connectivity index (χ1v) is 9.53. The molecule has 136 valence electrons. The van der Waals surface area contributed by atoms with Crippen molar-refractivity contribution < 1.29 is 19.5 Å². The molecule has 5 rings (SSSR count). The number of hydrogen-bond acceptors (Lipinski definition) is 3. The monoisotopic (exact) mass is 352 g/mol. The van der Waals surface area contributed by atoms with Gasteiger partial charge in [0.15, 0.2) is 0 Å². The predicted octanol–water partition coefficient (Wildman–Crippen LogP) is -0.836. The fourth-order valence-corrected chi connectivity index (χ4v) is 5.43. The van der Waals surface area contributed by atoms with Crippen LogP contribution in [0, 0.1) is 17.8 Å². The lowest BCUT2D eigenvalue weighted by molar-refractivity contribution is -0.830. The van der Waals surface area contributed by atoms with E-state index in [4.69, 9.17) is 9.72 Å². The van der Waals surface area contributed by atoms with Gasteiger partial charge in [-0.3, -0.25) is 4.79 Å². The number of piperidine rings is 1. The van der Waals surface area contributed by atoms with E-state index in [1.807, 2.05) is 6.07 Å². The molecule has 0 spiro atoms. The minimum absolute atomic E-state index is 0.149. The van der Waals surface area contributed by atoms with Crippen molar-refractivity contribution >= 4 is 28.6 Å². The molecule has 3 heterocycles. The van der Waals surface area contributed by atoms with E-state index < -0.39 is 12.0 Å². The Kier molecular flexibility index (Phi) is 3.69. The van der Waals surface area contributed by atoms with Crippen LogP contribution < -0.4 is 20.5 Å². The van der Waals surface area contributed by atoms with E-state index in [0.717, 1.165) is 36.8 Å². The number of aliphatic hydroxyl groups is 1. The Morgan fingerprint density at radius 1 is 1.31 bits per heavy atom. The number of fused-ring (bicyclic) bond motifs is 5. The minimum Gasteiger partial charge on any atom is -0.652 e. The summed E-state index contributed by atoms with van der Waals surface area (Å²) in [6.07, 6.45) is 4.23. The second kappa shape index (κ2) is 5.96. The van der Waals surface area contributed by atoms with Crippen molar-refractivity contribution in [2.24, 2.45) is 17.8 Å². The van der Waals surface area contributed by atoms with Crippen LogP contribution in [0.2, 0.25) is 0 Å². The topological polar surface area (TPSA) is 65.1 Å². The summed E-state index contributed by atoms with van der Waals surface area (Å²) < 4.78 is 5.03. The zero-order valence-electron chi connectivity index (χ0n) is 14.9. The number of rotatable bonds is 1. The second-order valence-electron chi connectivity index (χ2n) is 7.91. The first-order chi connectivity index (χ1) is 12.7. The van der Waals surface area contributed by atoms with Gasteiger partial charge in [-0.25, -0.2) is 0 Å². The Morgan fingerprint density at radius 2 is 2.15 bits per heavy atom. The zero-order valence-corrected chi connectivity index (χ0v) is 14.9. The van der Waals surface area contributed by atoms with Crippen molar-refractivity contribution in [1.82, 2.24) is 4.98 Å². The maximum Gasteiger partial charge on any atom is 0.311 e. The Labute approximate surface area is 151 Å². The molecule has 2 aliphatic heterocycles. The minimum atomic E-state index is -0.591. The summed E-state index contributed by atoms with van der Waals surface area (Å²) in [7, 11) is 1.42. The molecule has 5 nitrogen and oxygen atoms in total. The largest absolute Gasteiger partial charge is 0.652 e. The number of esters is 1. The van der Waals surface area contributed by atoms with Crippen LogP contribution in [0.25, 0.3) is 22.7 Å². The molecule has 2 fully saturated rings. The molecular formula is C21H24N2O3. The van der Waals surface area contributed by atoms with Gasteiger partial charge in [-0.1, -0.05) is 29.6 Å². The van der Waals surface area contributed by atoms with Gasteiger partial charge in [0.2, 0.25) is 0 Å². The molecule has 2 aromatic rings. The third kappa shape index (κ3) is 2.27. The molecule has 2 N–H and O–H groups in total. The smallest absolute Gasteiger partial charge is 0.311 e. The highest BCUT2D eigenvalue weighted by molar-refractivity contribution is 5.81. The molecule has 5 atom stereocenters. The Hall–Kier alpha value is -2.11. The number of para-hydroxylation sites is 1. The molecule has 1 saturated heterocycles. The van der Waals surface area contributed by atoms with Crippen LogP contribution in [0.1, 0.15) is 19.3 Å². The maximum absolute atomic E-state index is 12.4. The van der Waals surface area contributed by atoms with Crippen LogP contribution in [0.5, 0.6) is 0 Å². The lowest BCUT2D eigenvalue weighted by Crippen LogP contribution is -3.13. The van der Waals surface area contributed by atoms with Crippen molar-refractivity contribution in [2.45, 2.75) is 25.4 Å². The molecule has 0 amide bonds. The molecule has 0 radical (unpaired) electrons. The number of nitrogens with one attached hydrogen (secondary N) is 1. The number of aromatic nitrogens is 1. The van der Waals surface area contributed by atoms with Gasteiger partial charge in [-0.05, 0) is 35.4 Å². The Bertz CT molecular complexity index is 992. The van der Waals surface area contributed by atoms with Gasteiger partial charge in [0.1, 0.15) is 6.54 Å². The highest BCUT2D eigenvalue weighted by Gasteiger charge is 2.48. The zero-order chi connectivity index (χ0) is 17.8. The van der Waals surface area contributed by atoms with Crippen LogP contribution in [-0.2, 0) is 9.53 Å². The quantitative estimate of drug-likeness (QED) is 0.658. The van der Waals surface area contributed by atoms with Gasteiger partial charge in [-0.15, -0.1) is 5.52 Å². The number of methoxy groups -OCH3 is 1. The molecule has 1 aromatic heterocycles. The fraction of sp³-hybridized carbons (Fsp3) is 0.476. The highest BCUT2D eigenvalue weighted by Crippen LogP contribution is 2.40. The fourth-order valence-electron chi connectivity index (χ4n) is 5.43. The summed E-state index contributed by atoms with van der Waals surface area (Å²) in [5, 5.41) is 14.0. The number of aliphatic hydroxyl groups excluding tert-OH is 1. The van der Waals surface area contributed by atoms with Gasteiger partial charge in [0, 0.05) is 12.3 Å². The summed E-state index contributed by atoms with van der Waals surface area (Å²) >= 11 is 0. The number of carbonyl (C=O) groups excluding carboxylic acids is 1. The van der Waals surface area contributed by atoms with Gasteiger partial charge in [0.05, 0.1) is 31.4 Å². The highest BCUT2D eigenvalue weighted by atomic mass is 16.5. The lowest BCUT2D eigenvalue weighted by Gasteiger charge is -2.45. The van der Waals surface area contributed by atoms with Crippen LogP contribution in [0.3, 0.4) is 0 Å². The van der Waals surface area contributed by atoms with Gasteiger partial charge in [0.25, 0.3) is 0 Å². The van der Waals surface area contributed by atoms with E-state index in [9.17, 15) is 9.90 Å². The van der Waals surface area contributed by atoms with E-state index in [-0.39, 0.29) is 11.9 Å². The SMILES string of the molecule is COC(=O)C1C(O)CCC2C[NH+]3CC=c4c([n-]c5ccccc45)=C3CC21. The number of quaternary nitrogens is 1. The third-order valence-corrected chi connectivity index (χ3v) is 6.68. The van der Waals surface area contributed by atoms with E-state index in [0.29, 0.717) is 12.3 Å². The molecule has 5 heteroatoms. The second-order valence-corrected chi connectivity index (χ2v) is 7.91. The van der Waals surface area contributed by atoms with E-state index in [1.54, 1.807) is 0 Å². The number of carbonyl (C=O) groups is 1. The first-order valence-electron chi connectivity index (χ1n) is 9.53. The number of benzene rings is 1. The van der Waals surface area contributed by atoms with Crippen LogP contribution in [0.4, 0.5) is 0 Å². The van der Waals surface area contributed by atoms with Crippen LogP contribution >= 0.6 is 0 Å². The predicted molar refractivity (Wildman–Crippen MR) is 97.4 cm³/mol. The number of ether oxygens (including phenoxy) is 1. The molecule has 1 aliphatic carbocycles. The number of nitrogens with zero attached hydrogens (tertiary/aromatic N) is 1. The first kappa shape index (κ1) is 16.1. The Morgan fingerprint density at radius 3 is 3.00 bits per heavy atom. The van der Waals surface area contributed by atoms with Crippen molar-refractivity contribution in [1.29, 1.82) is 0 Å². The summed E-state index contributed by atoms with van der Waals surface area (Å²) in [5.41, 5.74) is 2.35. The van der Waals surface area contributed by atoms with E-state index >= 15 is 0 Å². The van der Waals surface area contributed by atoms with Crippen molar-refractivity contribution in [3.8, 4) is 0 Å². The van der Waals surface area contributed by atoms with E-state index in [1.165, 1.54) is 28.3 Å².